The Kier molecular flexibility index (Phi) is 2.46. The van der Waals surface area contributed by atoms with Crippen molar-refractivity contribution in [2.45, 2.75) is 18.9 Å². The van der Waals surface area contributed by atoms with Gasteiger partial charge in [0.15, 0.2) is 0 Å². The van der Waals surface area contributed by atoms with Gasteiger partial charge < -0.3 is 10.4 Å². The van der Waals surface area contributed by atoms with Gasteiger partial charge in [0.1, 0.15) is 0 Å². The van der Waals surface area contributed by atoms with Crippen LogP contribution in [0.1, 0.15) is 12.0 Å². The molecule has 0 spiro atoms. The molecule has 1 atom stereocenters. The number of rotatable bonds is 4. The van der Waals surface area contributed by atoms with Crippen molar-refractivity contribution in [3.8, 4) is 0 Å². The maximum atomic E-state index is 10.5. The molecule has 1 unspecified atom stereocenters. The third-order valence-corrected chi connectivity index (χ3v) is 2.45. The Morgan fingerprint density at radius 3 is 2.53 bits per heavy atom. The lowest BCUT2D eigenvalue weighted by Gasteiger charge is -2.04. The van der Waals surface area contributed by atoms with E-state index in [-0.39, 0.29) is 6.42 Å². The molecule has 0 amide bonds. The van der Waals surface area contributed by atoms with Crippen LogP contribution in [0.4, 0.5) is 5.69 Å². The molecule has 1 aromatic carbocycles. The molecule has 0 aromatic heterocycles. The van der Waals surface area contributed by atoms with E-state index in [1.807, 2.05) is 24.3 Å². The van der Waals surface area contributed by atoms with Crippen LogP contribution < -0.4 is 5.32 Å². The zero-order valence-electron chi connectivity index (χ0n) is 8.36. The number of benzene rings is 1. The lowest BCUT2D eigenvalue weighted by Crippen LogP contribution is -2.02. The van der Waals surface area contributed by atoms with E-state index in [1.165, 1.54) is 5.57 Å². The second-order valence-corrected chi connectivity index (χ2v) is 3.83. The van der Waals surface area contributed by atoms with E-state index in [0.29, 0.717) is 6.04 Å². The van der Waals surface area contributed by atoms with Crippen LogP contribution in [0.2, 0.25) is 0 Å². The van der Waals surface area contributed by atoms with Gasteiger partial charge in [0.05, 0.1) is 12.5 Å². The molecule has 1 fully saturated rings. The maximum absolute atomic E-state index is 10.5. The van der Waals surface area contributed by atoms with E-state index in [2.05, 4.69) is 11.9 Å². The maximum Gasteiger partial charge on any atom is 0.307 e. The fourth-order valence-corrected chi connectivity index (χ4v) is 1.45. The molecule has 3 heteroatoms. The van der Waals surface area contributed by atoms with Crippen molar-refractivity contribution in [3.63, 3.8) is 0 Å². The molecule has 0 aliphatic heterocycles. The largest absolute Gasteiger partial charge is 0.481 e. The van der Waals surface area contributed by atoms with Gasteiger partial charge in [-0.05, 0) is 24.1 Å². The van der Waals surface area contributed by atoms with Crippen LogP contribution in [0.5, 0.6) is 0 Å². The fraction of sp³-hybridized carbons (Fsp3) is 0.250. The van der Waals surface area contributed by atoms with Gasteiger partial charge in [0.25, 0.3) is 0 Å². The highest BCUT2D eigenvalue weighted by molar-refractivity contribution is 5.70. The first-order valence-electron chi connectivity index (χ1n) is 4.90. The van der Waals surface area contributed by atoms with Crippen LogP contribution in [0.25, 0.3) is 0 Å². The second kappa shape index (κ2) is 3.77. The Morgan fingerprint density at radius 2 is 2.07 bits per heavy atom. The van der Waals surface area contributed by atoms with Crippen LogP contribution in [-0.4, -0.2) is 17.1 Å². The number of anilines is 1. The Hall–Kier alpha value is -1.77. The van der Waals surface area contributed by atoms with E-state index in [4.69, 9.17) is 5.11 Å². The predicted octanol–water partition coefficient (Wildman–Crippen LogP) is 2.05. The average molecular weight is 203 g/mol. The SMILES string of the molecule is C=C1CC1Nc1ccc(CC(=O)O)cc1. The Bertz CT molecular complexity index is 395. The zero-order valence-corrected chi connectivity index (χ0v) is 8.36. The minimum absolute atomic E-state index is 0.0798. The van der Waals surface area contributed by atoms with Crippen molar-refractivity contribution in [1.82, 2.24) is 0 Å². The number of carboxylic acids is 1. The van der Waals surface area contributed by atoms with Crippen LogP contribution in [0.15, 0.2) is 36.4 Å². The molecule has 1 aromatic rings. The monoisotopic (exact) mass is 203 g/mol. The molecule has 1 aliphatic rings. The number of carbonyl (C=O) groups is 1. The Labute approximate surface area is 88.4 Å². The standard InChI is InChI=1S/C12H13NO2/c1-8-6-11(8)13-10-4-2-9(3-5-10)7-12(14)15/h2-5,11,13H,1,6-7H2,(H,14,15). The lowest BCUT2D eigenvalue weighted by molar-refractivity contribution is -0.136. The summed E-state index contributed by atoms with van der Waals surface area (Å²) < 4.78 is 0. The van der Waals surface area contributed by atoms with Crippen molar-refractivity contribution in [2.75, 3.05) is 5.32 Å². The lowest BCUT2D eigenvalue weighted by atomic mass is 10.1. The van der Waals surface area contributed by atoms with Crippen molar-refractivity contribution in [3.05, 3.63) is 42.0 Å². The van der Waals surface area contributed by atoms with E-state index in [0.717, 1.165) is 17.7 Å². The topological polar surface area (TPSA) is 49.3 Å². The molecule has 1 saturated carbocycles. The summed E-state index contributed by atoms with van der Waals surface area (Å²) in [5.41, 5.74) is 3.07. The molecular weight excluding hydrogens is 190 g/mol. The molecule has 0 saturated heterocycles. The normalized spacial score (nSPS) is 18.7. The predicted molar refractivity (Wildman–Crippen MR) is 58.9 cm³/mol. The average Bonchev–Trinajstić information content (AvgIpc) is 2.84. The van der Waals surface area contributed by atoms with Gasteiger partial charge in [-0.3, -0.25) is 4.79 Å². The fourth-order valence-electron chi connectivity index (χ4n) is 1.45. The highest BCUT2D eigenvalue weighted by atomic mass is 16.4. The Morgan fingerprint density at radius 1 is 1.47 bits per heavy atom. The van der Waals surface area contributed by atoms with Gasteiger partial charge in [-0.15, -0.1) is 0 Å². The van der Waals surface area contributed by atoms with Gasteiger partial charge in [-0.2, -0.15) is 0 Å². The summed E-state index contributed by atoms with van der Waals surface area (Å²) in [6.07, 6.45) is 1.12. The van der Waals surface area contributed by atoms with Gasteiger partial charge >= 0.3 is 5.97 Å². The minimum atomic E-state index is -0.800. The van der Waals surface area contributed by atoms with Gasteiger partial charge in [-0.25, -0.2) is 0 Å². The first-order valence-corrected chi connectivity index (χ1v) is 4.90. The van der Waals surface area contributed by atoms with Crippen molar-refractivity contribution < 1.29 is 9.90 Å². The molecule has 2 N–H and O–H groups in total. The smallest absolute Gasteiger partial charge is 0.307 e. The number of nitrogens with one attached hydrogen (secondary N) is 1. The molecule has 1 aliphatic carbocycles. The van der Waals surface area contributed by atoms with Crippen molar-refractivity contribution in [2.24, 2.45) is 0 Å². The zero-order chi connectivity index (χ0) is 10.8. The summed E-state index contributed by atoms with van der Waals surface area (Å²) in [6.45, 7) is 3.86. The van der Waals surface area contributed by atoms with E-state index in [1.54, 1.807) is 0 Å². The molecule has 0 bridgehead atoms. The summed E-state index contributed by atoms with van der Waals surface area (Å²) in [7, 11) is 0. The summed E-state index contributed by atoms with van der Waals surface area (Å²) in [6, 6.07) is 7.90. The highest BCUT2D eigenvalue weighted by Crippen LogP contribution is 2.30. The number of carboxylic acid groups (broad SMARTS) is 1. The van der Waals surface area contributed by atoms with Gasteiger partial charge in [-0.1, -0.05) is 24.3 Å². The van der Waals surface area contributed by atoms with Crippen molar-refractivity contribution >= 4 is 11.7 Å². The number of hydrogen-bond donors (Lipinski definition) is 2. The Balaban J connectivity index is 1.97. The van der Waals surface area contributed by atoms with E-state index in [9.17, 15) is 4.79 Å². The third kappa shape index (κ3) is 2.59. The highest BCUT2D eigenvalue weighted by Gasteiger charge is 2.26. The molecule has 0 radical (unpaired) electrons. The van der Waals surface area contributed by atoms with Crippen LogP contribution in [0.3, 0.4) is 0 Å². The molecule has 15 heavy (non-hydrogen) atoms. The summed E-state index contributed by atoms with van der Waals surface area (Å²) in [5.74, 6) is -0.800. The van der Waals surface area contributed by atoms with E-state index >= 15 is 0 Å². The molecule has 3 nitrogen and oxygen atoms in total. The molecule has 0 heterocycles. The first kappa shape index (κ1) is 9.77. The summed E-state index contributed by atoms with van der Waals surface area (Å²) in [5, 5.41) is 11.9. The number of aliphatic carboxylic acids is 1. The second-order valence-electron chi connectivity index (χ2n) is 3.83. The summed E-state index contributed by atoms with van der Waals surface area (Å²) >= 11 is 0. The minimum Gasteiger partial charge on any atom is -0.481 e. The van der Waals surface area contributed by atoms with Crippen LogP contribution in [0, 0.1) is 0 Å². The molecular formula is C12H13NO2. The molecule has 2 rings (SSSR count). The third-order valence-electron chi connectivity index (χ3n) is 2.45. The van der Waals surface area contributed by atoms with E-state index < -0.39 is 5.97 Å². The quantitative estimate of drug-likeness (QED) is 0.736. The van der Waals surface area contributed by atoms with Gasteiger partial charge in [0, 0.05) is 5.69 Å². The van der Waals surface area contributed by atoms with Crippen molar-refractivity contribution in [1.29, 1.82) is 0 Å². The van der Waals surface area contributed by atoms with Gasteiger partial charge in [0.2, 0.25) is 0 Å². The summed E-state index contributed by atoms with van der Waals surface area (Å²) in [4.78, 5) is 10.5. The molecule has 78 valence electrons. The number of hydrogen-bond acceptors (Lipinski definition) is 2. The first-order chi connectivity index (χ1) is 7.15. The van der Waals surface area contributed by atoms with Crippen LogP contribution in [-0.2, 0) is 11.2 Å². The van der Waals surface area contributed by atoms with Crippen LogP contribution >= 0.6 is 0 Å².